The van der Waals surface area contributed by atoms with Gasteiger partial charge < -0.3 is 10.6 Å². The van der Waals surface area contributed by atoms with Crippen molar-refractivity contribution in [1.29, 1.82) is 5.26 Å². The Bertz CT molecular complexity index is 436. The number of rotatable bonds is 4. The number of carbonyl (C=O) groups excluding carboxylic acids is 1. The monoisotopic (exact) mass is 271 g/mol. The van der Waals surface area contributed by atoms with E-state index in [2.05, 4.69) is 10.6 Å². The Labute approximate surface area is 110 Å². The minimum Gasteiger partial charge on any atom is -0.374 e. The number of nitrogens with zero attached hydrogens (tertiary/aromatic N) is 1. The summed E-state index contributed by atoms with van der Waals surface area (Å²) in [6, 6.07) is 6.30. The fraction of sp³-hybridized carbons (Fsp3) is 0.273. The average molecular weight is 272 g/mol. The fourth-order valence-corrected chi connectivity index (χ4v) is 1.76. The molecule has 0 saturated carbocycles. The Kier molecular flexibility index (Phi) is 5.08. The Morgan fingerprint density at radius 3 is 2.53 bits per heavy atom. The lowest BCUT2D eigenvalue weighted by Gasteiger charge is -2.14. The summed E-state index contributed by atoms with van der Waals surface area (Å²) in [5.74, 6) is -0.261. The highest BCUT2D eigenvalue weighted by Crippen LogP contribution is 2.22. The lowest BCUT2D eigenvalue weighted by atomic mass is 10.2. The highest BCUT2D eigenvalue weighted by molar-refractivity contribution is 6.35. The third-order valence-electron chi connectivity index (χ3n) is 1.98. The zero-order chi connectivity index (χ0) is 12.8. The molecule has 2 N–H and O–H groups in total. The van der Waals surface area contributed by atoms with Gasteiger partial charge in [0.15, 0.2) is 0 Å². The summed E-state index contributed by atoms with van der Waals surface area (Å²) >= 11 is 11.7. The first-order valence-electron chi connectivity index (χ1n) is 4.90. The molecular formula is C11H11Cl2N3O. The molecule has 0 fully saturated rings. The molecule has 0 radical (unpaired) electrons. The molecule has 0 aliphatic carbocycles. The number of benzene rings is 1. The van der Waals surface area contributed by atoms with Crippen molar-refractivity contribution in [2.24, 2.45) is 0 Å². The van der Waals surface area contributed by atoms with E-state index in [4.69, 9.17) is 28.5 Å². The minimum absolute atomic E-state index is 0.0127. The van der Waals surface area contributed by atoms with E-state index in [9.17, 15) is 4.79 Å². The maximum atomic E-state index is 11.5. The van der Waals surface area contributed by atoms with Crippen LogP contribution in [0.4, 0.5) is 5.69 Å². The summed E-state index contributed by atoms with van der Waals surface area (Å²) in [5, 5.41) is 14.7. The Morgan fingerprint density at radius 2 is 2.00 bits per heavy atom. The van der Waals surface area contributed by atoms with Crippen molar-refractivity contribution in [2.45, 2.75) is 13.0 Å². The molecular weight excluding hydrogens is 261 g/mol. The van der Waals surface area contributed by atoms with E-state index in [1.165, 1.54) is 0 Å². The zero-order valence-corrected chi connectivity index (χ0v) is 10.6. The second-order valence-corrected chi connectivity index (χ2v) is 4.27. The Hall–Kier alpha value is -1.44. The van der Waals surface area contributed by atoms with Crippen LogP contribution >= 0.6 is 23.2 Å². The van der Waals surface area contributed by atoms with Gasteiger partial charge in [0.05, 0.1) is 6.07 Å². The summed E-state index contributed by atoms with van der Waals surface area (Å²) in [6.07, 6.45) is 0. The normalized spacial score (nSPS) is 11.4. The number of halogens is 2. The third kappa shape index (κ3) is 4.51. The van der Waals surface area contributed by atoms with Crippen LogP contribution in [0.3, 0.4) is 0 Å². The van der Waals surface area contributed by atoms with Crippen LogP contribution in [0.2, 0.25) is 10.0 Å². The van der Waals surface area contributed by atoms with Crippen molar-refractivity contribution in [1.82, 2.24) is 5.32 Å². The molecule has 0 bridgehead atoms. The van der Waals surface area contributed by atoms with Gasteiger partial charge in [-0.05, 0) is 25.1 Å². The van der Waals surface area contributed by atoms with Crippen LogP contribution in [-0.4, -0.2) is 18.5 Å². The standard InChI is InChI=1S/C11H11Cl2N3O/c1-7(11(17)15-3-2-14)16-10-5-8(12)4-9(13)6-10/h4-7,16H,3H2,1H3,(H,15,17). The van der Waals surface area contributed by atoms with E-state index in [0.29, 0.717) is 15.7 Å². The van der Waals surface area contributed by atoms with Gasteiger partial charge >= 0.3 is 0 Å². The molecule has 0 aliphatic heterocycles. The number of hydrogen-bond acceptors (Lipinski definition) is 3. The smallest absolute Gasteiger partial charge is 0.243 e. The second kappa shape index (κ2) is 6.33. The van der Waals surface area contributed by atoms with Gasteiger partial charge in [-0.15, -0.1) is 0 Å². The van der Waals surface area contributed by atoms with Gasteiger partial charge in [-0.2, -0.15) is 5.26 Å². The molecule has 1 rings (SSSR count). The molecule has 0 aromatic heterocycles. The van der Waals surface area contributed by atoms with Gasteiger partial charge in [0.1, 0.15) is 12.6 Å². The summed E-state index contributed by atoms with van der Waals surface area (Å²) in [6.45, 7) is 1.67. The first-order chi connectivity index (χ1) is 8.02. The predicted molar refractivity (Wildman–Crippen MR) is 68.2 cm³/mol. The van der Waals surface area contributed by atoms with Gasteiger partial charge in [-0.3, -0.25) is 4.79 Å². The maximum Gasteiger partial charge on any atom is 0.243 e. The minimum atomic E-state index is -0.474. The van der Waals surface area contributed by atoms with E-state index >= 15 is 0 Å². The molecule has 6 heteroatoms. The van der Waals surface area contributed by atoms with Crippen LogP contribution in [0, 0.1) is 11.3 Å². The van der Waals surface area contributed by atoms with Crippen LogP contribution < -0.4 is 10.6 Å². The van der Waals surface area contributed by atoms with Gasteiger partial charge in [0.25, 0.3) is 0 Å². The lowest BCUT2D eigenvalue weighted by Crippen LogP contribution is -2.37. The topological polar surface area (TPSA) is 64.9 Å². The number of carbonyl (C=O) groups is 1. The highest BCUT2D eigenvalue weighted by atomic mass is 35.5. The van der Waals surface area contributed by atoms with Crippen LogP contribution in [0.5, 0.6) is 0 Å². The second-order valence-electron chi connectivity index (χ2n) is 3.40. The van der Waals surface area contributed by atoms with E-state index in [1.807, 2.05) is 6.07 Å². The molecule has 4 nitrogen and oxygen atoms in total. The van der Waals surface area contributed by atoms with Gasteiger partial charge in [-0.1, -0.05) is 23.2 Å². The SMILES string of the molecule is CC(Nc1cc(Cl)cc(Cl)c1)C(=O)NCC#N. The van der Waals surface area contributed by atoms with E-state index in [-0.39, 0.29) is 12.5 Å². The van der Waals surface area contributed by atoms with Crippen molar-refractivity contribution >= 4 is 34.8 Å². The first kappa shape index (κ1) is 13.6. The quantitative estimate of drug-likeness (QED) is 0.827. The van der Waals surface area contributed by atoms with Gasteiger partial charge in [0.2, 0.25) is 5.91 Å². The number of anilines is 1. The number of nitrogens with one attached hydrogen (secondary N) is 2. The van der Waals surface area contributed by atoms with Gasteiger partial charge in [0, 0.05) is 15.7 Å². The Morgan fingerprint density at radius 1 is 1.41 bits per heavy atom. The van der Waals surface area contributed by atoms with Crippen LogP contribution in [-0.2, 0) is 4.79 Å². The van der Waals surface area contributed by atoms with Crippen molar-refractivity contribution in [3.63, 3.8) is 0 Å². The molecule has 0 saturated heterocycles. The van der Waals surface area contributed by atoms with Crippen molar-refractivity contribution < 1.29 is 4.79 Å². The molecule has 1 aromatic rings. The zero-order valence-electron chi connectivity index (χ0n) is 9.13. The van der Waals surface area contributed by atoms with Crippen LogP contribution in [0.1, 0.15) is 6.92 Å². The molecule has 0 aliphatic rings. The van der Waals surface area contributed by atoms with E-state index in [0.717, 1.165) is 0 Å². The summed E-state index contributed by atoms with van der Waals surface area (Å²) in [5.41, 5.74) is 0.655. The third-order valence-corrected chi connectivity index (χ3v) is 2.42. The summed E-state index contributed by atoms with van der Waals surface area (Å²) in [4.78, 5) is 11.5. The number of hydrogen-bond donors (Lipinski definition) is 2. The summed E-state index contributed by atoms with van der Waals surface area (Å²) < 4.78 is 0. The van der Waals surface area contributed by atoms with Crippen molar-refractivity contribution in [3.8, 4) is 6.07 Å². The van der Waals surface area contributed by atoms with Crippen molar-refractivity contribution in [3.05, 3.63) is 28.2 Å². The molecule has 1 atom stereocenters. The molecule has 1 amide bonds. The molecule has 0 spiro atoms. The average Bonchev–Trinajstić information content (AvgIpc) is 2.24. The number of nitriles is 1. The Balaban J connectivity index is 2.64. The summed E-state index contributed by atoms with van der Waals surface area (Å²) in [7, 11) is 0. The van der Waals surface area contributed by atoms with Crippen molar-refractivity contribution in [2.75, 3.05) is 11.9 Å². The largest absolute Gasteiger partial charge is 0.374 e. The molecule has 1 unspecified atom stereocenters. The predicted octanol–water partition coefficient (Wildman–Crippen LogP) is 2.43. The lowest BCUT2D eigenvalue weighted by molar-refractivity contribution is -0.121. The molecule has 1 aromatic carbocycles. The first-order valence-corrected chi connectivity index (χ1v) is 5.66. The highest BCUT2D eigenvalue weighted by Gasteiger charge is 2.12. The van der Waals surface area contributed by atoms with Crippen LogP contribution in [0.25, 0.3) is 0 Å². The molecule has 0 heterocycles. The van der Waals surface area contributed by atoms with Crippen LogP contribution in [0.15, 0.2) is 18.2 Å². The molecule has 90 valence electrons. The van der Waals surface area contributed by atoms with E-state index < -0.39 is 6.04 Å². The maximum absolute atomic E-state index is 11.5. The molecule has 17 heavy (non-hydrogen) atoms. The fourth-order valence-electron chi connectivity index (χ4n) is 1.23. The van der Waals surface area contributed by atoms with E-state index in [1.54, 1.807) is 25.1 Å². The van der Waals surface area contributed by atoms with Gasteiger partial charge in [-0.25, -0.2) is 0 Å². The number of amides is 1.